The summed E-state index contributed by atoms with van der Waals surface area (Å²) < 4.78 is 33.8. The smallest absolute Gasteiger partial charge is 0.387 e. The summed E-state index contributed by atoms with van der Waals surface area (Å²) in [5.41, 5.74) is 1.14. The van der Waals surface area contributed by atoms with Gasteiger partial charge in [0.1, 0.15) is 5.75 Å². The van der Waals surface area contributed by atoms with Crippen LogP contribution in [0.15, 0.2) is 24.3 Å². The lowest BCUT2D eigenvalue weighted by molar-refractivity contribution is -0.0498. The van der Waals surface area contributed by atoms with Gasteiger partial charge in [0.15, 0.2) is 0 Å². The molecular weight excluding hydrogens is 276 g/mol. The zero-order valence-corrected chi connectivity index (χ0v) is 12.4. The quantitative estimate of drug-likeness (QED) is 0.837. The fourth-order valence-corrected chi connectivity index (χ4v) is 2.57. The van der Waals surface area contributed by atoms with Crippen molar-refractivity contribution in [2.45, 2.75) is 51.3 Å². The van der Waals surface area contributed by atoms with E-state index in [0.29, 0.717) is 12.1 Å². The van der Waals surface area contributed by atoms with Crippen LogP contribution < -0.4 is 10.1 Å². The first-order valence-corrected chi connectivity index (χ1v) is 7.51. The monoisotopic (exact) mass is 299 g/mol. The fraction of sp³-hybridized carbons (Fsp3) is 0.625. The molecule has 1 aromatic carbocycles. The predicted molar refractivity (Wildman–Crippen MR) is 77.8 cm³/mol. The first kappa shape index (κ1) is 16.2. The Morgan fingerprint density at radius 1 is 1.24 bits per heavy atom. The number of hydrogen-bond acceptors (Lipinski definition) is 3. The molecule has 1 fully saturated rings. The normalized spacial score (nSPS) is 17.9. The van der Waals surface area contributed by atoms with Crippen LogP contribution in [0.1, 0.15) is 31.7 Å². The van der Waals surface area contributed by atoms with Crippen molar-refractivity contribution in [3.05, 3.63) is 29.8 Å². The molecule has 21 heavy (non-hydrogen) atoms. The maximum absolute atomic E-state index is 12.1. The van der Waals surface area contributed by atoms with Gasteiger partial charge < -0.3 is 14.8 Å². The topological polar surface area (TPSA) is 30.5 Å². The van der Waals surface area contributed by atoms with E-state index in [4.69, 9.17) is 4.74 Å². The Morgan fingerprint density at radius 2 is 1.90 bits per heavy atom. The summed E-state index contributed by atoms with van der Waals surface area (Å²) in [7, 11) is 0. The third-order valence-corrected chi connectivity index (χ3v) is 3.76. The van der Waals surface area contributed by atoms with Gasteiger partial charge in [-0.2, -0.15) is 8.78 Å². The van der Waals surface area contributed by atoms with E-state index in [9.17, 15) is 8.78 Å². The number of ether oxygens (including phenoxy) is 2. The molecule has 118 valence electrons. The van der Waals surface area contributed by atoms with Crippen molar-refractivity contribution in [3.63, 3.8) is 0 Å². The molecule has 0 saturated carbocycles. The maximum atomic E-state index is 12.1. The molecule has 1 atom stereocenters. The van der Waals surface area contributed by atoms with E-state index in [-0.39, 0.29) is 5.75 Å². The molecule has 0 bridgehead atoms. The molecule has 1 unspecified atom stereocenters. The maximum Gasteiger partial charge on any atom is 0.387 e. The summed E-state index contributed by atoms with van der Waals surface area (Å²) in [4.78, 5) is 0. The largest absolute Gasteiger partial charge is 0.435 e. The van der Waals surface area contributed by atoms with E-state index in [1.54, 1.807) is 12.1 Å². The predicted octanol–water partition coefficient (Wildman–Crippen LogP) is 3.38. The van der Waals surface area contributed by atoms with Crippen molar-refractivity contribution in [1.29, 1.82) is 0 Å². The van der Waals surface area contributed by atoms with Gasteiger partial charge in [0, 0.05) is 25.3 Å². The fourth-order valence-electron chi connectivity index (χ4n) is 2.57. The molecule has 0 spiro atoms. The number of hydrogen-bond donors (Lipinski definition) is 1. The van der Waals surface area contributed by atoms with Gasteiger partial charge >= 0.3 is 6.61 Å². The number of aryl methyl sites for hydroxylation is 1. The Hall–Kier alpha value is -1.20. The molecule has 1 heterocycles. The average Bonchev–Trinajstić information content (AvgIpc) is 2.47. The molecule has 2 rings (SSSR count). The van der Waals surface area contributed by atoms with Crippen LogP contribution in [0.3, 0.4) is 0 Å². The Kier molecular flexibility index (Phi) is 6.39. The number of alkyl halides is 2. The second-order valence-corrected chi connectivity index (χ2v) is 5.52. The van der Waals surface area contributed by atoms with Gasteiger partial charge in [-0.25, -0.2) is 0 Å². The highest BCUT2D eigenvalue weighted by molar-refractivity contribution is 5.27. The van der Waals surface area contributed by atoms with E-state index >= 15 is 0 Å². The summed E-state index contributed by atoms with van der Waals surface area (Å²) in [5, 5.41) is 3.62. The Morgan fingerprint density at radius 3 is 2.52 bits per heavy atom. The summed E-state index contributed by atoms with van der Waals surface area (Å²) >= 11 is 0. The summed E-state index contributed by atoms with van der Waals surface area (Å²) in [5.74, 6) is 0.210. The van der Waals surface area contributed by atoms with Crippen LogP contribution in [0, 0.1) is 0 Å². The molecule has 3 nitrogen and oxygen atoms in total. The second kappa shape index (κ2) is 8.29. The van der Waals surface area contributed by atoms with E-state index in [2.05, 4.69) is 17.0 Å². The van der Waals surface area contributed by atoms with Crippen LogP contribution in [0.5, 0.6) is 5.75 Å². The molecule has 1 aliphatic rings. The first-order chi connectivity index (χ1) is 10.1. The van der Waals surface area contributed by atoms with Crippen LogP contribution in [-0.4, -0.2) is 31.9 Å². The minimum Gasteiger partial charge on any atom is -0.435 e. The van der Waals surface area contributed by atoms with Crippen molar-refractivity contribution in [2.24, 2.45) is 0 Å². The zero-order chi connectivity index (χ0) is 15.1. The highest BCUT2D eigenvalue weighted by Crippen LogP contribution is 2.16. The van der Waals surface area contributed by atoms with Crippen molar-refractivity contribution in [2.75, 3.05) is 13.2 Å². The van der Waals surface area contributed by atoms with Crippen LogP contribution >= 0.6 is 0 Å². The van der Waals surface area contributed by atoms with Crippen molar-refractivity contribution in [1.82, 2.24) is 5.32 Å². The Balaban J connectivity index is 1.71. The standard InChI is InChI=1S/C16H23F2NO2/c1-12(19-14-8-10-20-11-9-14)2-3-13-4-6-15(7-5-13)21-16(17)18/h4-7,12,14,16,19H,2-3,8-11H2,1H3. The lowest BCUT2D eigenvalue weighted by atomic mass is 10.0. The summed E-state index contributed by atoms with van der Waals surface area (Å²) in [6.45, 7) is 1.11. The summed E-state index contributed by atoms with van der Waals surface area (Å²) in [6.07, 6.45) is 4.09. The molecule has 1 saturated heterocycles. The Bertz CT molecular complexity index is 405. The molecule has 1 aliphatic heterocycles. The number of nitrogens with one attached hydrogen (secondary N) is 1. The zero-order valence-electron chi connectivity index (χ0n) is 12.4. The Labute approximate surface area is 124 Å². The van der Waals surface area contributed by atoms with Gasteiger partial charge in [0.05, 0.1) is 0 Å². The lowest BCUT2D eigenvalue weighted by Gasteiger charge is -2.26. The molecule has 0 aliphatic carbocycles. The average molecular weight is 299 g/mol. The van der Waals surface area contributed by atoms with E-state index in [1.807, 2.05) is 12.1 Å². The molecule has 0 amide bonds. The number of rotatable bonds is 7. The van der Waals surface area contributed by atoms with Crippen molar-refractivity contribution < 1.29 is 18.3 Å². The van der Waals surface area contributed by atoms with Crippen molar-refractivity contribution >= 4 is 0 Å². The van der Waals surface area contributed by atoms with Crippen LogP contribution in [0.4, 0.5) is 8.78 Å². The van der Waals surface area contributed by atoms with Gasteiger partial charge in [0.25, 0.3) is 0 Å². The van der Waals surface area contributed by atoms with Gasteiger partial charge in [-0.05, 0) is 50.3 Å². The van der Waals surface area contributed by atoms with Crippen molar-refractivity contribution in [3.8, 4) is 5.75 Å². The van der Waals surface area contributed by atoms with Crippen LogP contribution in [0.2, 0.25) is 0 Å². The third kappa shape index (κ3) is 5.98. The van der Waals surface area contributed by atoms with Gasteiger partial charge in [-0.15, -0.1) is 0 Å². The highest BCUT2D eigenvalue weighted by Gasteiger charge is 2.15. The van der Waals surface area contributed by atoms with Crippen LogP contribution in [-0.2, 0) is 11.2 Å². The minimum atomic E-state index is -2.76. The molecule has 0 aromatic heterocycles. The first-order valence-electron chi connectivity index (χ1n) is 7.51. The molecule has 5 heteroatoms. The van der Waals surface area contributed by atoms with E-state index < -0.39 is 6.61 Å². The molecule has 1 aromatic rings. The molecular formula is C16H23F2NO2. The van der Waals surface area contributed by atoms with E-state index in [1.165, 1.54) is 0 Å². The highest BCUT2D eigenvalue weighted by atomic mass is 19.3. The second-order valence-electron chi connectivity index (χ2n) is 5.52. The summed E-state index contributed by atoms with van der Waals surface area (Å²) in [6, 6.07) is 7.87. The number of halogens is 2. The third-order valence-electron chi connectivity index (χ3n) is 3.76. The molecule has 0 radical (unpaired) electrons. The van der Waals surface area contributed by atoms with E-state index in [0.717, 1.165) is 44.5 Å². The van der Waals surface area contributed by atoms with Gasteiger partial charge in [-0.1, -0.05) is 12.1 Å². The van der Waals surface area contributed by atoms with Gasteiger partial charge in [-0.3, -0.25) is 0 Å². The molecule has 1 N–H and O–H groups in total. The van der Waals surface area contributed by atoms with Gasteiger partial charge in [0.2, 0.25) is 0 Å². The minimum absolute atomic E-state index is 0.210. The van der Waals surface area contributed by atoms with Crippen LogP contribution in [0.25, 0.3) is 0 Å². The SMILES string of the molecule is CC(CCc1ccc(OC(F)F)cc1)NC1CCOCC1. The lowest BCUT2D eigenvalue weighted by Crippen LogP contribution is -2.40. The number of benzene rings is 1.